The molecule has 1 N–H and O–H groups in total. The van der Waals surface area contributed by atoms with E-state index in [1.54, 1.807) is 13.1 Å². The fraction of sp³-hybridized carbons (Fsp3) is 0.300. The van der Waals surface area contributed by atoms with Crippen molar-refractivity contribution in [2.45, 2.75) is 6.92 Å². The summed E-state index contributed by atoms with van der Waals surface area (Å²) in [5.41, 5.74) is 0.661. The van der Waals surface area contributed by atoms with Crippen molar-refractivity contribution < 1.29 is 9.90 Å². The predicted molar refractivity (Wildman–Crippen MR) is 55.5 cm³/mol. The van der Waals surface area contributed by atoms with Crippen molar-refractivity contribution in [3.05, 3.63) is 18.1 Å². The standard InChI is InChI=1S/C10H11N3O2/c1-3-6-13(7-9(14)15)10-8(2)11-4-5-12-10/h1,4-5H,6-7H2,2H3,(H,14,15). The highest BCUT2D eigenvalue weighted by Crippen LogP contribution is 2.12. The van der Waals surface area contributed by atoms with Crippen molar-refractivity contribution in [2.75, 3.05) is 18.0 Å². The molecule has 0 fully saturated rings. The lowest BCUT2D eigenvalue weighted by atomic mass is 10.3. The normalized spacial score (nSPS) is 9.33. The first-order valence-corrected chi connectivity index (χ1v) is 4.33. The molecule has 0 radical (unpaired) electrons. The summed E-state index contributed by atoms with van der Waals surface area (Å²) >= 11 is 0. The number of hydrogen-bond donors (Lipinski definition) is 1. The van der Waals surface area contributed by atoms with Gasteiger partial charge in [0.15, 0.2) is 5.82 Å². The van der Waals surface area contributed by atoms with Crippen molar-refractivity contribution in [1.82, 2.24) is 9.97 Å². The molecule has 1 heterocycles. The maximum absolute atomic E-state index is 10.6. The summed E-state index contributed by atoms with van der Waals surface area (Å²) in [5, 5.41) is 8.70. The number of anilines is 1. The molecular weight excluding hydrogens is 194 g/mol. The number of nitrogens with zero attached hydrogens (tertiary/aromatic N) is 3. The molecule has 0 atom stereocenters. The highest BCUT2D eigenvalue weighted by atomic mass is 16.4. The number of terminal acetylenes is 1. The van der Waals surface area contributed by atoms with Crippen molar-refractivity contribution in [3.8, 4) is 12.3 Å². The molecule has 0 spiro atoms. The van der Waals surface area contributed by atoms with Crippen LogP contribution >= 0.6 is 0 Å². The molecule has 0 aliphatic rings. The molecule has 78 valence electrons. The second kappa shape index (κ2) is 4.96. The number of carbonyl (C=O) groups is 1. The van der Waals surface area contributed by atoms with E-state index >= 15 is 0 Å². The Morgan fingerprint density at radius 1 is 1.60 bits per heavy atom. The monoisotopic (exact) mass is 205 g/mol. The van der Waals surface area contributed by atoms with Gasteiger partial charge in [-0.05, 0) is 6.92 Å². The van der Waals surface area contributed by atoms with Crippen molar-refractivity contribution in [3.63, 3.8) is 0 Å². The van der Waals surface area contributed by atoms with E-state index in [2.05, 4.69) is 15.9 Å². The molecule has 0 aromatic carbocycles. The lowest BCUT2D eigenvalue weighted by Gasteiger charge is -2.19. The lowest BCUT2D eigenvalue weighted by Crippen LogP contribution is -2.31. The van der Waals surface area contributed by atoms with Crippen LogP contribution in [0.2, 0.25) is 0 Å². The predicted octanol–water partition coefficient (Wildman–Crippen LogP) is 0.309. The van der Waals surface area contributed by atoms with Crippen LogP contribution in [0, 0.1) is 19.3 Å². The first kappa shape index (κ1) is 11.0. The van der Waals surface area contributed by atoms with Crippen LogP contribution in [0.4, 0.5) is 5.82 Å². The van der Waals surface area contributed by atoms with E-state index in [-0.39, 0.29) is 13.1 Å². The first-order valence-electron chi connectivity index (χ1n) is 4.33. The molecule has 0 saturated heterocycles. The summed E-state index contributed by atoms with van der Waals surface area (Å²) in [6.45, 7) is 1.78. The summed E-state index contributed by atoms with van der Waals surface area (Å²) in [5.74, 6) is 1.96. The van der Waals surface area contributed by atoms with Gasteiger partial charge in [0.25, 0.3) is 0 Å². The van der Waals surface area contributed by atoms with Crippen molar-refractivity contribution in [2.24, 2.45) is 0 Å². The zero-order valence-electron chi connectivity index (χ0n) is 8.34. The van der Waals surface area contributed by atoms with Crippen LogP contribution < -0.4 is 4.90 Å². The Hall–Kier alpha value is -2.09. The molecule has 1 rings (SSSR count). The highest BCUT2D eigenvalue weighted by molar-refractivity contribution is 5.73. The Morgan fingerprint density at radius 3 is 2.80 bits per heavy atom. The minimum Gasteiger partial charge on any atom is -0.480 e. The lowest BCUT2D eigenvalue weighted by molar-refractivity contribution is -0.135. The van der Waals surface area contributed by atoms with E-state index in [0.717, 1.165) is 0 Å². The largest absolute Gasteiger partial charge is 0.480 e. The number of aryl methyl sites for hydroxylation is 1. The second-order valence-corrected chi connectivity index (χ2v) is 2.92. The van der Waals surface area contributed by atoms with Gasteiger partial charge in [0.05, 0.1) is 12.2 Å². The molecule has 0 unspecified atom stereocenters. The molecule has 0 bridgehead atoms. The van der Waals surface area contributed by atoms with E-state index in [4.69, 9.17) is 11.5 Å². The van der Waals surface area contributed by atoms with Crippen LogP contribution in [-0.4, -0.2) is 34.1 Å². The SMILES string of the molecule is C#CCN(CC(=O)O)c1nccnc1C. The highest BCUT2D eigenvalue weighted by Gasteiger charge is 2.13. The zero-order chi connectivity index (χ0) is 11.3. The van der Waals surface area contributed by atoms with Gasteiger partial charge in [-0.25, -0.2) is 4.98 Å². The van der Waals surface area contributed by atoms with Crippen LogP contribution in [0.5, 0.6) is 0 Å². The Labute approximate surface area is 87.8 Å². The van der Waals surface area contributed by atoms with Gasteiger partial charge in [-0.1, -0.05) is 5.92 Å². The van der Waals surface area contributed by atoms with E-state index < -0.39 is 5.97 Å². The third-order valence-electron chi connectivity index (χ3n) is 1.76. The number of hydrogen-bond acceptors (Lipinski definition) is 4. The van der Waals surface area contributed by atoms with Gasteiger partial charge in [0.2, 0.25) is 0 Å². The number of carboxylic acid groups (broad SMARTS) is 1. The topological polar surface area (TPSA) is 66.3 Å². The second-order valence-electron chi connectivity index (χ2n) is 2.92. The molecule has 5 heteroatoms. The molecule has 1 aromatic heterocycles. The minimum atomic E-state index is -0.949. The van der Waals surface area contributed by atoms with E-state index in [1.807, 2.05) is 0 Å². The molecule has 0 amide bonds. The molecule has 0 aliphatic carbocycles. The van der Waals surface area contributed by atoms with Crippen molar-refractivity contribution in [1.29, 1.82) is 0 Å². The van der Waals surface area contributed by atoms with Gasteiger partial charge < -0.3 is 10.0 Å². The third kappa shape index (κ3) is 2.95. The van der Waals surface area contributed by atoms with Crippen LogP contribution in [0.3, 0.4) is 0 Å². The van der Waals surface area contributed by atoms with Gasteiger partial charge in [0, 0.05) is 12.4 Å². The molecule has 15 heavy (non-hydrogen) atoms. The quantitative estimate of drug-likeness (QED) is 0.716. The fourth-order valence-corrected chi connectivity index (χ4v) is 1.19. The van der Waals surface area contributed by atoms with Crippen LogP contribution in [0.1, 0.15) is 5.69 Å². The Kier molecular flexibility index (Phi) is 3.63. The smallest absolute Gasteiger partial charge is 0.323 e. The molecule has 1 aromatic rings. The van der Waals surface area contributed by atoms with Gasteiger partial charge in [0.1, 0.15) is 6.54 Å². The molecule has 0 saturated carbocycles. The minimum absolute atomic E-state index is 0.177. The van der Waals surface area contributed by atoms with Gasteiger partial charge in [-0.3, -0.25) is 9.78 Å². The summed E-state index contributed by atoms with van der Waals surface area (Å²) in [4.78, 5) is 20.2. The molecule has 5 nitrogen and oxygen atoms in total. The molecular formula is C10H11N3O2. The van der Waals surface area contributed by atoms with Gasteiger partial charge in [-0.2, -0.15) is 0 Å². The summed E-state index contributed by atoms with van der Waals surface area (Å²) in [6.07, 6.45) is 8.22. The number of aromatic nitrogens is 2. The number of aliphatic carboxylic acids is 1. The van der Waals surface area contributed by atoms with Crippen molar-refractivity contribution >= 4 is 11.8 Å². The Balaban J connectivity index is 2.94. The maximum atomic E-state index is 10.6. The first-order chi connectivity index (χ1) is 7.15. The van der Waals surface area contributed by atoms with E-state index in [0.29, 0.717) is 11.5 Å². The van der Waals surface area contributed by atoms with Gasteiger partial charge in [-0.15, -0.1) is 6.42 Å². The zero-order valence-corrected chi connectivity index (χ0v) is 8.34. The average Bonchev–Trinajstić information content (AvgIpc) is 2.17. The van der Waals surface area contributed by atoms with E-state index in [9.17, 15) is 4.79 Å². The number of rotatable bonds is 4. The Bertz CT molecular complexity index is 398. The summed E-state index contributed by atoms with van der Waals surface area (Å²) in [6, 6.07) is 0. The maximum Gasteiger partial charge on any atom is 0.323 e. The van der Waals surface area contributed by atoms with Crippen LogP contribution in [0.25, 0.3) is 0 Å². The average molecular weight is 205 g/mol. The Morgan fingerprint density at radius 2 is 2.27 bits per heavy atom. The summed E-state index contributed by atoms with van der Waals surface area (Å²) < 4.78 is 0. The van der Waals surface area contributed by atoms with Crippen LogP contribution in [-0.2, 0) is 4.79 Å². The number of carboxylic acids is 1. The van der Waals surface area contributed by atoms with Crippen LogP contribution in [0.15, 0.2) is 12.4 Å². The fourth-order valence-electron chi connectivity index (χ4n) is 1.19. The third-order valence-corrected chi connectivity index (χ3v) is 1.76. The van der Waals surface area contributed by atoms with E-state index in [1.165, 1.54) is 11.1 Å². The van der Waals surface area contributed by atoms with Gasteiger partial charge >= 0.3 is 5.97 Å². The summed E-state index contributed by atoms with van der Waals surface area (Å²) in [7, 11) is 0. The molecule has 0 aliphatic heterocycles.